The fourth-order valence-electron chi connectivity index (χ4n) is 3.68. The normalized spacial score (nSPS) is 10.9. The Morgan fingerprint density at radius 1 is 1.16 bits per heavy atom. The van der Waals surface area contributed by atoms with Crippen LogP contribution in [0.3, 0.4) is 0 Å². The summed E-state index contributed by atoms with van der Waals surface area (Å²) in [4.78, 5) is 12.2. The lowest BCUT2D eigenvalue weighted by Gasteiger charge is -2.07. The third-order valence-electron chi connectivity index (χ3n) is 5.35. The molecule has 0 saturated heterocycles. The molecule has 0 spiro atoms. The van der Waals surface area contributed by atoms with Gasteiger partial charge < -0.3 is 15.6 Å². The van der Waals surface area contributed by atoms with E-state index in [0.29, 0.717) is 49.3 Å². The first-order valence-electron chi connectivity index (χ1n) is 10.4. The molecule has 8 heteroatoms. The van der Waals surface area contributed by atoms with E-state index < -0.39 is 0 Å². The summed E-state index contributed by atoms with van der Waals surface area (Å²) in [5, 5.41) is 18.0. The van der Waals surface area contributed by atoms with Crippen molar-refractivity contribution in [2.24, 2.45) is 0 Å². The standard InChI is InChI=1S/C24H23FN6O/c25-18-7-9-19(10-8-18)31-24(27)20(16-26)21(29-31)5-3-13-28-23(32)12-15-30-14-11-17-4-1-2-6-22(17)30/h1-2,4,6-11,14H,3,5,12-13,15,27H2,(H,28,32). The number of rotatable bonds is 8. The van der Waals surface area contributed by atoms with Crippen LogP contribution in [0.15, 0.2) is 60.8 Å². The van der Waals surface area contributed by atoms with Crippen LogP contribution in [0.4, 0.5) is 10.2 Å². The second-order valence-electron chi connectivity index (χ2n) is 7.48. The number of nitrogens with two attached hydrogens (primary N) is 1. The van der Waals surface area contributed by atoms with Crippen molar-refractivity contribution in [3.8, 4) is 11.8 Å². The minimum absolute atomic E-state index is 0.0281. The summed E-state index contributed by atoms with van der Waals surface area (Å²) >= 11 is 0. The number of nitrogens with zero attached hydrogens (tertiary/aromatic N) is 4. The maximum absolute atomic E-state index is 13.2. The van der Waals surface area contributed by atoms with Gasteiger partial charge in [0.2, 0.25) is 5.91 Å². The van der Waals surface area contributed by atoms with E-state index in [9.17, 15) is 14.4 Å². The maximum Gasteiger partial charge on any atom is 0.221 e. The first-order chi connectivity index (χ1) is 15.6. The predicted octanol–water partition coefficient (Wildman–Crippen LogP) is 3.56. The Morgan fingerprint density at radius 2 is 1.94 bits per heavy atom. The number of nitrogen functional groups attached to an aromatic ring is 1. The van der Waals surface area contributed by atoms with Crippen molar-refractivity contribution in [3.05, 3.63) is 77.9 Å². The van der Waals surface area contributed by atoms with Gasteiger partial charge in [0.25, 0.3) is 0 Å². The average Bonchev–Trinajstić information content (AvgIpc) is 3.36. The number of nitrogens with one attached hydrogen (secondary N) is 1. The van der Waals surface area contributed by atoms with Crippen LogP contribution < -0.4 is 11.1 Å². The van der Waals surface area contributed by atoms with E-state index >= 15 is 0 Å². The Morgan fingerprint density at radius 3 is 2.72 bits per heavy atom. The minimum atomic E-state index is -0.360. The quantitative estimate of drug-likeness (QED) is 0.417. The van der Waals surface area contributed by atoms with E-state index in [2.05, 4.69) is 21.1 Å². The Labute approximate surface area is 184 Å². The molecule has 2 aromatic carbocycles. The van der Waals surface area contributed by atoms with Crippen LogP contribution in [0, 0.1) is 17.1 Å². The number of anilines is 1. The highest BCUT2D eigenvalue weighted by molar-refractivity contribution is 5.80. The molecule has 32 heavy (non-hydrogen) atoms. The summed E-state index contributed by atoms with van der Waals surface area (Å²) in [6, 6.07) is 17.9. The van der Waals surface area contributed by atoms with Crippen molar-refractivity contribution >= 4 is 22.6 Å². The highest BCUT2D eigenvalue weighted by Crippen LogP contribution is 2.21. The zero-order chi connectivity index (χ0) is 22.5. The first kappa shape index (κ1) is 21.1. The number of nitriles is 1. The maximum atomic E-state index is 13.2. The monoisotopic (exact) mass is 430 g/mol. The van der Waals surface area contributed by atoms with Crippen LogP contribution in [0.2, 0.25) is 0 Å². The molecule has 4 rings (SSSR count). The Hall–Kier alpha value is -4.12. The molecule has 0 fully saturated rings. The summed E-state index contributed by atoms with van der Waals surface area (Å²) in [7, 11) is 0. The van der Waals surface area contributed by atoms with Gasteiger partial charge >= 0.3 is 0 Å². The van der Waals surface area contributed by atoms with Crippen LogP contribution >= 0.6 is 0 Å². The van der Waals surface area contributed by atoms with E-state index in [4.69, 9.17) is 5.73 Å². The highest BCUT2D eigenvalue weighted by atomic mass is 19.1. The molecule has 0 bridgehead atoms. The van der Waals surface area contributed by atoms with Crippen molar-refractivity contribution in [2.45, 2.75) is 25.8 Å². The van der Waals surface area contributed by atoms with Crippen molar-refractivity contribution < 1.29 is 9.18 Å². The molecule has 1 amide bonds. The fourth-order valence-corrected chi connectivity index (χ4v) is 3.68. The number of aromatic nitrogens is 3. The van der Waals surface area contributed by atoms with Gasteiger partial charge in [0.05, 0.1) is 11.4 Å². The van der Waals surface area contributed by atoms with Crippen molar-refractivity contribution in [3.63, 3.8) is 0 Å². The molecule has 162 valence electrons. The number of carbonyl (C=O) groups excluding carboxylic acids is 1. The number of hydrogen-bond acceptors (Lipinski definition) is 4. The van der Waals surface area contributed by atoms with E-state index in [1.165, 1.54) is 16.8 Å². The topological polar surface area (TPSA) is 102 Å². The van der Waals surface area contributed by atoms with E-state index in [-0.39, 0.29) is 17.5 Å². The largest absolute Gasteiger partial charge is 0.382 e. The summed E-state index contributed by atoms with van der Waals surface area (Å²) in [5.74, 6) is -0.169. The first-order valence-corrected chi connectivity index (χ1v) is 10.4. The highest BCUT2D eigenvalue weighted by Gasteiger charge is 2.16. The average molecular weight is 430 g/mol. The van der Waals surface area contributed by atoms with E-state index in [1.54, 1.807) is 12.1 Å². The molecule has 4 aromatic rings. The third kappa shape index (κ3) is 4.47. The second kappa shape index (κ2) is 9.35. The van der Waals surface area contributed by atoms with E-state index in [0.717, 1.165) is 10.9 Å². The summed E-state index contributed by atoms with van der Waals surface area (Å²) in [5.41, 5.74) is 8.63. The van der Waals surface area contributed by atoms with Crippen LogP contribution in [-0.2, 0) is 17.8 Å². The van der Waals surface area contributed by atoms with Crippen molar-refractivity contribution in [2.75, 3.05) is 12.3 Å². The third-order valence-corrected chi connectivity index (χ3v) is 5.35. The van der Waals surface area contributed by atoms with Gasteiger partial charge in [0.1, 0.15) is 23.3 Å². The molecule has 2 heterocycles. The molecular formula is C24H23FN6O. The van der Waals surface area contributed by atoms with Crippen molar-refractivity contribution in [1.82, 2.24) is 19.7 Å². The van der Waals surface area contributed by atoms with Crippen LogP contribution in [0.1, 0.15) is 24.1 Å². The molecule has 0 radical (unpaired) electrons. The Kier molecular flexibility index (Phi) is 6.17. The summed E-state index contributed by atoms with van der Waals surface area (Å²) in [6.07, 6.45) is 3.48. The predicted molar refractivity (Wildman–Crippen MR) is 121 cm³/mol. The summed E-state index contributed by atoms with van der Waals surface area (Å²) < 4.78 is 16.7. The minimum Gasteiger partial charge on any atom is -0.382 e. The molecule has 0 unspecified atom stereocenters. The zero-order valence-corrected chi connectivity index (χ0v) is 17.5. The van der Waals surface area contributed by atoms with Crippen LogP contribution in [-0.4, -0.2) is 26.8 Å². The number of carbonyl (C=O) groups is 1. The zero-order valence-electron chi connectivity index (χ0n) is 17.5. The number of aryl methyl sites for hydroxylation is 2. The number of para-hydroxylation sites is 1. The Bertz CT molecular complexity index is 1280. The van der Waals surface area contributed by atoms with Gasteiger partial charge in [-0.15, -0.1) is 0 Å². The molecule has 0 aliphatic heterocycles. The number of hydrogen-bond donors (Lipinski definition) is 2. The van der Waals surface area contributed by atoms with Gasteiger partial charge in [-0.1, -0.05) is 18.2 Å². The molecule has 0 atom stereocenters. The van der Waals surface area contributed by atoms with E-state index in [1.807, 2.05) is 36.5 Å². The molecule has 2 aromatic heterocycles. The number of halogens is 1. The summed E-state index contributed by atoms with van der Waals surface area (Å²) in [6.45, 7) is 1.08. The molecule has 7 nitrogen and oxygen atoms in total. The van der Waals surface area contributed by atoms with Gasteiger partial charge in [0.15, 0.2) is 0 Å². The van der Waals surface area contributed by atoms with Gasteiger partial charge in [-0.25, -0.2) is 9.07 Å². The molecule has 3 N–H and O–H groups in total. The molecular weight excluding hydrogens is 407 g/mol. The van der Waals surface area contributed by atoms with Crippen LogP contribution in [0.5, 0.6) is 0 Å². The molecule has 0 aliphatic rings. The fraction of sp³-hybridized carbons (Fsp3) is 0.208. The van der Waals surface area contributed by atoms with Gasteiger partial charge in [-0.3, -0.25) is 4.79 Å². The molecule has 0 aliphatic carbocycles. The Balaban J connectivity index is 1.29. The van der Waals surface area contributed by atoms with Crippen LogP contribution in [0.25, 0.3) is 16.6 Å². The van der Waals surface area contributed by atoms with Gasteiger partial charge in [-0.05, 0) is 54.6 Å². The number of benzene rings is 2. The number of fused-ring (bicyclic) bond motifs is 1. The lowest BCUT2D eigenvalue weighted by molar-refractivity contribution is -0.121. The van der Waals surface area contributed by atoms with Crippen molar-refractivity contribution in [1.29, 1.82) is 5.26 Å². The molecule has 0 saturated carbocycles. The second-order valence-corrected chi connectivity index (χ2v) is 7.48. The smallest absolute Gasteiger partial charge is 0.221 e. The number of amides is 1. The SMILES string of the molecule is N#Cc1c(CCCNC(=O)CCn2ccc3ccccc32)nn(-c2ccc(F)cc2)c1N. The van der Waals surface area contributed by atoms with Gasteiger partial charge in [0, 0.05) is 31.2 Å². The lowest BCUT2D eigenvalue weighted by atomic mass is 10.1. The lowest BCUT2D eigenvalue weighted by Crippen LogP contribution is -2.25. The van der Waals surface area contributed by atoms with Gasteiger partial charge in [-0.2, -0.15) is 10.4 Å².